The first-order valence-corrected chi connectivity index (χ1v) is 8.73. The summed E-state index contributed by atoms with van der Waals surface area (Å²) < 4.78 is 5.15. The molecule has 24 heavy (non-hydrogen) atoms. The third-order valence-electron chi connectivity index (χ3n) is 4.87. The minimum absolute atomic E-state index is 0.142. The SMILES string of the molecule is COc1ccc(CCCCC(=O)N2C[C@@H](C(N)=O)CC[C@@H]2C)cc1. The quantitative estimate of drug-likeness (QED) is 0.780. The molecule has 0 aromatic heterocycles. The topological polar surface area (TPSA) is 72.6 Å². The van der Waals surface area contributed by atoms with Crippen LogP contribution in [0.5, 0.6) is 5.75 Å². The number of methoxy groups -OCH3 is 1. The number of aryl methyl sites for hydroxylation is 1. The summed E-state index contributed by atoms with van der Waals surface area (Å²) in [5, 5.41) is 0. The monoisotopic (exact) mass is 332 g/mol. The first kappa shape index (κ1) is 18.3. The van der Waals surface area contributed by atoms with Crippen molar-refractivity contribution < 1.29 is 14.3 Å². The zero-order chi connectivity index (χ0) is 17.5. The number of hydrogen-bond donors (Lipinski definition) is 1. The highest BCUT2D eigenvalue weighted by atomic mass is 16.5. The minimum Gasteiger partial charge on any atom is -0.497 e. The van der Waals surface area contributed by atoms with Crippen molar-refractivity contribution in [1.82, 2.24) is 4.90 Å². The number of hydrogen-bond acceptors (Lipinski definition) is 3. The standard InChI is InChI=1S/C19H28N2O3/c1-14-7-10-16(19(20)23)13-21(14)18(22)6-4-3-5-15-8-11-17(24-2)12-9-15/h8-9,11-12,14,16H,3-7,10,13H2,1-2H3,(H2,20,23)/t14-,16-/m0/s1. The average molecular weight is 332 g/mol. The van der Waals surface area contributed by atoms with E-state index in [-0.39, 0.29) is 23.8 Å². The molecule has 0 saturated carbocycles. The fourth-order valence-electron chi connectivity index (χ4n) is 3.23. The van der Waals surface area contributed by atoms with Crippen molar-refractivity contribution in [3.8, 4) is 5.75 Å². The molecule has 2 rings (SSSR count). The van der Waals surface area contributed by atoms with Crippen molar-refractivity contribution in [3.63, 3.8) is 0 Å². The number of carbonyl (C=O) groups is 2. The molecule has 1 saturated heterocycles. The lowest BCUT2D eigenvalue weighted by Gasteiger charge is -2.37. The van der Waals surface area contributed by atoms with Crippen molar-refractivity contribution in [2.45, 2.75) is 51.5 Å². The number of amides is 2. The molecule has 132 valence electrons. The first-order chi connectivity index (χ1) is 11.5. The number of benzene rings is 1. The van der Waals surface area contributed by atoms with Crippen LogP contribution in [0.2, 0.25) is 0 Å². The van der Waals surface area contributed by atoms with Crippen LogP contribution >= 0.6 is 0 Å². The molecule has 0 radical (unpaired) electrons. The van der Waals surface area contributed by atoms with Gasteiger partial charge in [-0.15, -0.1) is 0 Å². The Morgan fingerprint density at radius 2 is 1.92 bits per heavy atom. The summed E-state index contributed by atoms with van der Waals surface area (Å²) in [4.78, 5) is 25.6. The van der Waals surface area contributed by atoms with Crippen LogP contribution in [0.25, 0.3) is 0 Å². The molecule has 2 amide bonds. The van der Waals surface area contributed by atoms with Gasteiger partial charge in [0.2, 0.25) is 11.8 Å². The molecule has 2 atom stereocenters. The second-order valence-electron chi connectivity index (χ2n) is 6.63. The molecule has 5 heteroatoms. The number of primary amides is 1. The maximum absolute atomic E-state index is 12.4. The van der Waals surface area contributed by atoms with Crippen LogP contribution in [0.15, 0.2) is 24.3 Å². The molecule has 1 aromatic carbocycles. The van der Waals surface area contributed by atoms with Crippen LogP contribution in [-0.4, -0.2) is 36.4 Å². The molecule has 0 bridgehead atoms. The zero-order valence-corrected chi connectivity index (χ0v) is 14.7. The normalized spacial score (nSPS) is 20.7. The predicted molar refractivity (Wildman–Crippen MR) is 93.6 cm³/mol. The van der Waals surface area contributed by atoms with Crippen LogP contribution in [-0.2, 0) is 16.0 Å². The Morgan fingerprint density at radius 3 is 2.54 bits per heavy atom. The van der Waals surface area contributed by atoms with Gasteiger partial charge in [-0.3, -0.25) is 9.59 Å². The molecular formula is C19H28N2O3. The first-order valence-electron chi connectivity index (χ1n) is 8.73. The van der Waals surface area contributed by atoms with E-state index >= 15 is 0 Å². The summed E-state index contributed by atoms with van der Waals surface area (Å²) in [6.07, 6.45) is 4.96. The van der Waals surface area contributed by atoms with E-state index in [0.29, 0.717) is 13.0 Å². The lowest BCUT2D eigenvalue weighted by atomic mass is 9.92. The van der Waals surface area contributed by atoms with Crippen molar-refractivity contribution in [3.05, 3.63) is 29.8 Å². The van der Waals surface area contributed by atoms with Gasteiger partial charge in [0.25, 0.3) is 0 Å². The van der Waals surface area contributed by atoms with Crippen molar-refractivity contribution in [1.29, 1.82) is 0 Å². The molecular weight excluding hydrogens is 304 g/mol. The van der Waals surface area contributed by atoms with Crippen molar-refractivity contribution in [2.24, 2.45) is 11.7 Å². The van der Waals surface area contributed by atoms with Gasteiger partial charge in [0.15, 0.2) is 0 Å². The Balaban J connectivity index is 1.74. The highest BCUT2D eigenvalue weighted by Crippen LogP contribution is 2.23. The molecule has 1 aliphatic rings. The second-order valence-corrected chi connectivity index (χ2v) is 6.63. The van der Waals surface area contributed by atoms with E-state index < -0.39 is 0 Å². The molecule has 1 heterocycles. The van der Waals surface area contributed by atoms with Crippen molar-refractivity contribution in [2.75, 3.05) is 13.7 Å². The van der Waals surface area contributed by atoms with E-state index in [4.69, 9.17) is 10.5 Å². The number of nitrogens with two attached hydrogens (primary N) is 1. The van der Waals surface area contributed by atoms with E-state index in [1.807, 2.05) is 24.0 Å². The molecule has 2 N–H and O–H groups in total. The summed E-state index contributed by atoms with van der Waals surface area (Å²) in [5.74, 6) is 0.517. The van der Waals surface area contributed by atoms with Crippen LogP contribution in [0.4, 0.5) is 0 Å². The van der Waals surface area contributed by atoms with Gasteiger partial charge in [-0.2, -0.15) is 0 Å². The van der Waals surface area contributed by atoms with Gasteiger partial charge in [0.1, 0.15) is 5.75 Å². The number of unbranched alkanes of at least 4 members (excludes halogenated alkanes) is 1. The summed E-state index contributed by atoms with van der Waals surface area (Å²) in [6, 6.07) is 8.24. The number of carbonyl (C=O) groups excluding carboxylic acids is 2. The molecule has 1 fully saturated rings. The number of rotatable bonds is 7. The highest BCUT2D eigenvalue weighted by molar-refractivity contribution is 5.80. The summed E-state index contributed by atoms with van der Waals surface area (Å²) in [7, 11) is 1.66. The second kappa shape index (κ2) is 8.71. The van der Waals surface area contributed by atoms with Gasteiger partial charge in [0.05, 0.1) is 13.0 Å². The Labute approximate surface area is 144 Å². The Kier molecular flexibility index (Phi) is 6.64. The number of likely N-dealkylation sites (tertiary alicyclic amines) is 1. The molecule has 5 nitrogen and oxygen atoms in total. The van der Waals surface area contributed by atoms with E-state index in [1.165, 1.54) is 5.56 Å². The van der Waals surface area contributed by atoms with Gasteiger partial charge in [-0.1, -0.05) is 12.1 Å². The summed E-state index contributed by atoms with van der Waals surface area (Å²) in [6.45, 7) is 2.53. The van der Waals surface area contributed by atoms with Gasteiger partial charge in [0, 0.05) is 19.0 Å². The maximum atomic E-state index is 12.4. The maximum Gasteiger partial charge on any atom is 0.222 e. The number of piperidine rings is 1. The molecule has 0 spiro atoms. The van der Waals surface area contributed by atoms with Crippen LogP contribution in [0, 0.1) is 5.92 Å². The number of ether oxygens (including phenoxy) is 1. The Hall–Kier alpha value is -2.04. The fraction of sp³-hybridized carbons (Fsp3) is 0.579. The van der Waals surface area contributed by atoms with Crippen molar-refractivity contribution >= 4 is 11.8 Å². The van der Waals surface area contributed by atoms with E-state index in [2.05, 4.69) is 12.1 Å². The minimum atomic E-state index is -0.292. The Bertz CT molecular complexity index is 556. The van der Waals surface area contributed by atoms with E-state index in [9.17, 15) is 9.59 Å². The van der Waals surface area contributed by atoms with Crippen LogP contribution in [0.1, 0.15) is 44.6 Å². The smallest absolute Gasteiger partial charge is 0.222 e. The zero-order valence-electron chi connectivity index (χ0n) is 14.7. The lowest BCUT2D eigenvalue weighted by Crippen LogP contribution is -2.48. The summed E-state index contributed by atoms with van der Waals surface area (Å²) in [5.41, 5.74) is 6.65. The van der Waals surface area contributed by atoms with Crippen LogP contribution < -0.4 is 10.5 Å². The molecule has 1 aliphatic heterocycles. The van der Waals surface area contributed by atoms with Gasteiger partial charge >= 0.3 is 0 Å². The predicted octanol–water partition coefficient (Wildman–Crippen LogP) is 2.52. The highest BCUT2D eigenvalue weighted by Gasteiger charge is 2.31. The van der Waals surface area contributed by atoms with Gasteiger partial charge in [-0.05, 0) is 56.7 Å². The molecule has 0 aliphatic carbocycles. The molecule has 0 unspecified atom stereocenters. The average Bonchev–Trinajstić information content (AvgIpc) is 2.59. The third kappa shape index (κ3) is 4.98. The van der Waals surface area contributed by atoms with Gasteiger partial charge in [-0.25, -0.2) is 0 Å². The fourth-order valence-corrected chi connectivity index (χ4v) is 3.23. The van der Waals surface area contributed by atoms with E-state index in [1.54, 1.807) is 7.11 Å². The largest absolute Gasteiger partial charge is 0.497 e. The Morgan fingerprint density at radius 1 is 1.21 bits per heavy atom. The third-order valence-corrected chi connectivity index (χ3v) is 4.87. The molecule has 1 aromatic rings. The van der Waals surface area contributed by atoms with E-state index in [0.717, 1.165) is 37.9 Å². The van der Waals surface area contributed by atoms with Crippen LogP contribution in [0.3, 0.4) is 0 Å². The lowest BCUT2D eigenvalue weighted by molar-refractivity contribution is -0.137. The summed E-state index contributed by atoms with van der Waals surface area (Å²) >= 11 is 0. The number of nitrogens with zero attached hydrogens (tertiary/aromatic N) is 1. The van der Waals surface area contributed by atoms with Gasteiger partial charge < -0.3 is 15.4 Å².